The van der Waals surface area contributed by atoms with Crippen molar-refractivity contribution in [3.8, 4) is 0 Å². The molecule has 0 aliphatic carbocycles. The second-order valence-electron chi connectivity index (χ2n) is 5.13. The third-order valence-corrected chi connectivity index (χ3v) is 4.01. The van der Waals surface area contributed by atoms with Crippen LogP contribution in [0.3, 0.4) is 0 Å². The minimum atomic E-state index is -1.25. The zero-order valence-corrected chi connectivity index (χ0v) is 12.0. The molecule has 22 heavy (non-hydrogen) atoms. The zero-order chi connectivity index (χ0) is 15.9. The highest BCUT2D eigenvalue weighted by molar-refractivity contribution is 6.30. The molecule has 116 valence electrons. The van der Waals surface area contributed by atoms with Crippen LogP contribution in [-0.4, -0.2) is 27.3 Å². The summed E-state index contributed by atoms with van der Waals surface area (Å²) >= 11 is 5.87. The Bertz CT molecular complexity index is 734. The van der Waals surface area contributed by atoms with Crippen LogP contribution in [0.4, 0.5) is 13.2 Å². The van der Waals surface area contributed by atoms with Gasteiger partial charge in [0.2, 0.25) is 5.91 Å². The molecule has 4 nitrogen and oxygen atoms in total. The number of hydrogen-bond acceptors (Lipinski definition) is 2. The summed E-state index contributed by atoms with van der Waals surface area (Å²) < 4.78 is 40.4. The lowest BCUT2D eigenvalue weighted by atomic mass is 9.97. The van der Waals surface area contributed by atoms with E-state index in [0.717, 1.165) is 6.07 Å². The molecule has 8 heteroatoms. The molecule has 1 unspecified atom stereocenters. The van der Waals surface area contributed by atoms with Gasteiger partial charge in [0.1, 0.15) is 11.0 Å². The van der Waals surface area contributed by atoms with Gasteiger partial charge in [-0.1, -0.05) is 11.6 Å². The predicted molar refractivity (Wildman–Crippen MR) is 72.7 cm³/mol. The molecule has 1 aliphatic rings. The smallest absolute Gasteiger partial charge is 0.223 e. The Kier molecular flexibility index (Phi) is 3.82. The Labute approximate surface area is 128 Å². The number of nitrogens with one attached hydrogen (secondary N) is 1. The van der Waals surface area contributed by atoms with Crippen molar-refractivity contribution in [3.63, 3.8) is 0 Å². The molecule has 2 heterocycles. The minimum Gasteiger partial charge on any atom is -0.336 e. The molecule has 0 saturated carbocycles. The van der Waals surface area contributed by atoms with E-state index < -0.39 is 23.4 Å². The molecular weight excluding hydrogens is 319 g/mol. The Morgan fingerprint density at radius 3 is 2.82 bits per heavy atom. The summed E-state index contributed by atoms with van der Waals surface area (Å²) in [5.74, 6) is -4.08. The van der Waals surface area contributed by atoms with Crippen molar-refractivity contribution >= 4 is 17.5 Å². The molecule has 2 aromatic rings. The van der Waals surface area contributed by atoms with E-state index in [4.69, 9.17) is 11.6 Å². The van der Waals surface area contributed by atoms with Crippen molar-refractivity contribution in [1.29, 1.82) is 0 Å². The topological polar surface area (TPSA) is 49.0 Å². The maximum Gasteiger partial charge on any atom is 0.223 e. The van der Waals surface area contributed by atoms with E-state index in [-0.39, 0.29) is 31.0 Å². The summed E-state index contributed by atoms with van der Waals surface area (Å²) in [6, 6.07) is 1.41. The van der Waals surface area contributed by atoms with E-state index in [1.54, 1.807) is 0 Å². The molecule has 3 rings (SSSR count). The van der Waals surface area contributed by atoms with E-state index >= 15 is 0 Å². The third-order valence-electron chi connectivity index (χ3n) is 3.68. The van der Waals surface area contributed by atoms with Crippen LogP contribution in [0.15, 0.2) is 18.5 Å². The number of rotatable bonds is 3. The van der Waals surface area contributed by atoms with Crippen LogP contribution in [0.2, 0.25) is 5.15 Å². The van der Waals surface area contributed by atoms with Crippen molar-refractivity contribution in [2.24, 2.45) is 0 Å². The maximum atomic E-state index is 13.8. The van der Waals surface area contributed by atoms with Gasteiger partial charge in [0.15, 0.2) is 11.6 Å². The van der Waals surface area contributed by atoms with Crippen LogP contribution in [0.25, 0.3) is 0 Å². The molecule has 1 amide bonds. The predicted octanol–water partition coefficient (Wildman–Crippen LogP) is 3.00. The average Bonchev–Trinajstić information content (AvgIpc) is 3.02. The average molecular weight is 330 g/mol. The Hall–Kier alpha value is -2.02. The van der Waals surface area contributed by atoms with E-state index in [1.807, 2.05) is 0 Å². The van der Waals surface area contributed by atoms with Gasteiger partial charge in [0.25, 0.3) is 0 Å². The summed E-state index contributed by atoms with van der Waals surface area (Å²) in [4.78, 5) is 20.1. The molecule has 0 spiro atoms. The first-order valence-corrected chi connectivity index (χ1v) is 6.93. The minimum absolute atomic E-state index is 0.0120. The number of H-pyrrole nitrogens is 1. The summed E-state index contributed by atoms with van der Waals surface area (Å²) in [6.45, 7) is 0.318. The summed E-state index contributed by atoms with van der Waals surface area (Å²) in [5.41, 5.74) is 0.364. The molecule has 0 radical (unpaired) electrons. The van der Waals surface area contributed by atoms with E-state index in [2.05, 4.69) is 9.97 Å². The van der Waals surface area contributed by atoms with Gasteiger partial charge in [0.05, 0.1) is 18.6 Å². The zero-order valence-electron chi connectivity index (χ0n) is 11.2. The fraction of sp³-hybridized carbons (Fsp3) is 0.286. The maximum absolute atomic E-state index is 13.8. The molecule has 1 aromatic heterocycles. The van der Waals surface area contributed by atoms with Crippen LogP contribution >= 0.6 is 11.6 Å². The molecule has 0 bridgehead atoms. The standard InChI is InChI=1S/C14H11ClF3N3O/c15-14-11(19-6-20-14)5-21-4-7(1-12(21)22)9-2-8(16)3-10(17)13(9)18/h2-3,6-7H,1,4-5H2,(H,19,20). The molecule has 1 atom stereocenters. The number of halogens is 4. The molecule has 1 fully saturated rings. The van der Waals surface area contributed by atoms with Crippen LogP contribution in [-0.2, 0) is 11.3 Å². The molecule has 1 aromatic carbocycles. The van der Waals surface area contributed by atoms with Crippen molar-refractivity contribution < 1.29 is 18.0 Å². The number of aromatic nitrogens is 2. The molecule has 1 saturated heterocycles. The fourth-order valence-corrected chi connectivity index (χ4v) is 2.76. The van der Waals surface area contributed by atoms with E-state index in [0.29, 0.717) is 16.9 Å². The lowest BCUT2D eigenvalue weighted by molar-refractivity contribution is -0.128. The van der Waals surface area contributed by atoms with Gasteiger partial charge in [-0.05, 0) is 11.6 Å². The lowest BCUT2D eigenvalue weighted by Gasteiger charge is -2.16. The van der Waals surface area contributed by atoms with Gasteiger partial charge < -0.3 is 9.88 Å². The number of imidazole rings is 1. The number of nitrogens with zero attached hydrogens (tertiary/aromatic N) is 2. The van der Waals surface area contributed by atoms with Crippen LogP contribution in [0.5, 0.6) is 0 Å². The second-order valence-corrected chi connectivity index (χ2v) is 5.51. The highest BCUT2D eigenvalue weighted by Crippen LogP contribution is 2.32. The normalized spacial score (nSPS) is 18.3. The number of aromatic amines is 1. The van der Waals surface area contributed by atoms with Gasteiger partial charge in [-0.15, -0.1) is 0 Å². The van der Waals surface area contributed by atoms with Crippen LogP contribution < -0.4 is 0 Å². The van der Waals surface area contributed by atoms with Crippen LogP contribution in [0.1, 0.15) is 23.6 Å². The van der Waals surface area contributed by atoms with Gasteiger partial charge in [-0.3, -0.25) is 4.79 Å². The van der Waals surface area contributed by atoms with Crippen molar-refractivity contribution in [2.75, 3.05) is 6.54 Å². The van der Waals surface area contributed by atoms with E-state index in [9.17, 15) is 18.0 Å². The second kappa shape index (κ2) is 5.64. The van der Waals surface area contributed by atoms with Gasteiger partial charge in [-0.25, -0.2) is 18.2 Å². The number of carbonyl (C=O) groups is 1. The number of likely N-dealkylation sites (tertiary alicyclic amines) is 1. The van der Waals surface area contributed by atoms with Gasteiger partial charge in [0, 0.05) is 24.9 Å². The third kappa shape index (κ3) is 2.68. The fourth-order valence-electron chi connectivity index (χ4n) is 2.60. The van der Waals surface area contributed by atoms with E-state index in [1.165, 1.54) is 11.2 Å². The Balaban J connectivity index is 1.82. The highest BCUT2D eigenvalue weighted by atomic mass is 35.5. The number of carbonyl (C=O) groups excluding carboxylic acids is 1. The number of benzene rings is 1. The SMILES string of the molecule is O=C1CC(c2cc(F)cc(F)c2F)CN1Cc1nc[nH]c1Cl. The number of amides is 1. The Morgan fingerprint density at radius 1 is 1.36 bits per heavy atom. The highest BCUT2D eigenvalue weighted by Gasteiger charge is 2.33. The van der Waals surface area contributed by atoms with Gasteiger partial charge >= 0.3 is 0 Å². The first-order chi connectivity index (χ1) is 10.5. The summed E-state index contributed by atoms with van der Waals surface area (Å²) in [5, 5.41) is 0.319. The molecular formula is C14H11ClF3N3O. The number of hydrogen-bond donors (Lipinski definition) is 1. The lowest BCUT2D eigenvalue weighted by Crippen LogP contribution is -2.24. The van der Waals surface area contributed by atoms with Crippen molar-refractivity contribution in [2.45, 2.75) is 18.9 Å². The van der Waals surface area contributed by atoms with Crippen LogP contribution in [0, 0.1) is 17.5 Å². The first-order valence-electron chi connectivity index (χ1n) is 6.55. The van der Waals surface area contributed by atoms with Crippen molar-refractivity contribution in [1.82, 2.24) is 14.9 Å². The van der Waals surface area contributed by atoms with Crippen molar-refractivity contribution in [3.05, 3.63) is 52.3 Å². The molecule has 1 aliphatic heterocycles. The first kappa shape index (κ1) is 14.9. The summed E-state index contributed by atoms with van der Waals surface area (Å²) in [6.07, 6.45) is 1.39. The largest absolute Gasteiger partial charge is 0.336 e. The Morgan fingerprint density at radius 2 is 2.14 bits per heavy atom. The monoisotopic (exact) mass is 329 g/mol. The van der Waals surface area contributed by atoms with Gasteiger partial charge in [-0.2, -0.15) is 0 Å². The molecule has 1 N–H and O–H groups in total. The summed E-state index contributed by atoms with van der Waals surface area (Å²) in [7, 11) is 0. The quantitative estimate of drug-likeness (QED) is 0.880.